The standard InChI is InChI=1S/C66H62N4O2S5/c1-3-5-7-9-11-15-21-48-42-60(75-64(48)58-39-37-56(73-58)46-29-27-45(28-30-46)41-50(44-67)66(71)72)54-35-36-55(63-62(54)68-77-69-63)61-43-49(22-16-12-10-8-6-4-2)65(76-61)59-40-38-57(74-59)47-31-33-53(34-32-47)70(51-23-17-13-18-24-51)52-25-19-14-20-26-52/h13-14,17-20,23-43H,3-12,15-16,21-22H2,1-2H3,(H,71,72)/b50-41+. The summed E-state index contributed by atoms with van der Waals surface area (Å²) in [6.07, 6.45) is 18.5. The summed E-state index contributed by atoms with van der Waals surface area (Å²) in [4.78, 5) is 23.8. The minimum atomic E-state index is -1.22. The minimum Gasteiger partial charge on any atom is -0.477 e. The molecule has 5 aromatic heterocycles. The maximum absolute atomic E-state index is 11.5. The monoisotopic (exact) mass is 1100 g/mol. The fourth-order valence-electron chi connectivity index (χ4n) is 10.0. The van der Waals surface area contributed by atoms with Crippen molar-refractivity contribution >= 4 is 97.2 Å². The second-order valence-electron chi connectivity index (χ2n) is 19.6. The number of hydrogen-bond acceptors (Lipinski definition) is 10. The van der Waals surface area contributed by atoms with Gasteiger partial charge in [0.25, 0.3) is 0 Å². The number of thiophene rings is 4. The van der Waals surface area contributed by atoms with E-state index in [-0.39, 0.29) is 5.57 Å². The third-order valence-corrected chi connectivity index (χ3v) is 19.7. The lowest BCUT2D eigenvalue weighted by Crippen LogP contribution is -2.09. The number of para-hydroxylation sites is 2. The number of unbranched alkanes of at least 4 members (excludes halogenated alkanes) is 10. The van der Waals surface area contributed by atoms with Gasteiger partial charge < -0.3 is 10.0 Å². The summed E-state index contributed by atoms with van der Waals surface area (Å²) in [5.74, 6) is -1.22. The van der Waals surface area contributed by atoms with E-state index in [2.05, 4.69) is 152 Å². The smallest absolute Gasteiger partial charge is 0.346 e. The van der Waals surface area contributed by atoms with E-state index < -0.39 is 5.97 Å². The number of nitriles is 1. The Labute approximate surface area is 473 Å². The fraction of sp³-hybridized carbons (Fsp3) is 0.242. The van der Waals surface area contributed by atoms with E-state index in [0.29, 0.717) is 5.56 Å². The summed E-state index contributed by atoms with van der Waals surface area (Å²) in [5, 5.41) is 18.6. The molecule has 0 unspecified atom stereocenters. The zero-order valence-electron chi connectivity index (χ0n) is 43.7. The Hall–Kier alpha value is -6.78. The van der Waals surface area contributed by atoms with E-state index in [9.17, 15) is 15.2 Å². The number of aromatic nitrogens is 2. The SMILES string of the molecule is CCCCCCCCc1cc(-c2ccc(-c3cc(CCCCCCCC)c(-c4ccc(-c5ccc(N(c6ccccc6)c6ccccc6)cc5)s4)s3)c3nsnc23)sc1-c1ccc(-c2ccc(/C=C(\C#N)C(=O)O)cc2)s1. The Kier molecular flexibility index (Phi) is 18.1. The van der Waals surface area contributed by atoms with E-state index in [1.165, 1.54) is 139 Å². The van der Waals surface area contributed by atoms with E-state index >= 15 is 0 Å². The maximum Gasteiger partial charge on any atom is 0.346 e. The molecule has 5 aromatic carbocycles. The molecule has 0 radical (unpaired) electrons. The van der Waals surface area contributed by atoms with Gasteiger partial charge in [0.2, 0.25) is 0 Å². The van der Waals surface area contributed by atoms with E-state index in [4.69, 9.17) is 8.75 Å². The van der Waals surface area contributed by atoms with Crippen molar-refractivity contribution < 1.29 is 9.90 Å². The highest BCUT2D eigenvalue weighted by Crippen LogP contribution is 2.49. The van der Waals surface area contributed by atoms with Crippen molar-refractivity contribution in [2.75, 3.05) is 4.90 Å². The minimum absolute atomic E-state index is 0.283. The molecular formula is C66H62N4O2S5. The molecule has 0 saturated heterocycles. The number of hydrogen-bond donors (Lipinski definition) is 1. The van der Waals surface area contributed by atoms with Gasteiger partial charge in [0.05, 0.1) is 11.7 Å². The highest BCUT2D eigenvalue weighted by molar-refractivity contribution is 7.26. The number of rotatable bonds is 25. The van der Waals surface area contributed by atoms with Gasteiger partial charge in [-0.15, -0.1) is 45.3 Å². The topological polar surface area (TPSA) is 90.1 Å². The van der Waals surface area contributed by atoms with Gasteiger partial charge in [0.1, 0.15) is 22.7 Å². The van der Waals surface area contributed by atoms with Crippen molar-refractivity contribution in [1.29, 1.82) is 5.26 Å². The van der Waals surface area contributed by atoms with Crippen LogP contribution in [-0.4, -0.2) is 19.8 Å². The van der Waals surface area contributed by atoms with Crippen molar-refractivity contribution in [2.24, 2.45) is 0 Å². The van der Waals surface area contributed by atoms with Gasteiger partial charge in [-0.25, -0.2) is 4.79 Å². The first-order valence-electron chi connectivity index (χ1n) is 27.1. The average Bonchev–Trinajstić information content (AvgIpc) is 4.40. The molecule has 0 atom stereocenters. The Morgan fingerprint density at radius 3 is 1.39 bits per heavy atom. The quantitative estimate of drug-likeness (QED) is 0.0348. The van der Waals surface area contributed by atoms with Gasteiger partial charge >= 0.3 is 5.97 Å². The molecule has 5 heterocycles. The summed E-state index contributed by atoms with van der Waals surface area (Å²) < 4.78 is 10.1. The van der Waals surface area contributed by atoms with Crippen LogP contribution in [0, 0.1) is 11.3 Å². The molecule has 6 nitrogen and oxygen atoms in total. The van der Waals surface area contributed by atoms with Gasteiger partial charge in [-0.1, -0.05) is 163 Å². The number of carboxylic acids is 1. The van der Waals surface area contributed by atoms with Crippen LogP contribution in [0.15, 0.2) is 163 Å². The van der Waals surface area contributed by atoms with Crippen LogP contribution in [0.3, 0.4) is 0 Å². The Balaban J connectivity index is 0.947. The average molecular weight is 1100 g/mol. The lowest BCUT2D eigenvalue weighted by molar-refractivity contribution is -0.132. The third kappa shape index (κ3) is 12.8. The van der Waals surface area contributed by atoms with Crippen LogP contribution in [0.1, 0.15) is 108 Å². The fourth-order valence-corrected chi connectivity index (χ4v) is 15.4. The number of fused-ring (bicyclic) bond motifs is 1. The molecule has 0 spiro atoms. The van der Waals surface area contributed by atoms with Crippen molar-refractivity contribution in [3.8, 4) is 67.3 Å². The molecule has 0 fully saturated rings. The summed E-state index contributed by atoms with van der Waals surface area (Å²) in [6, 6.07) is 58.2. The van der Waals surface area contributed by atoms with E-state index in [1.807, 2.05) is 58.3 Å². The van der Waals surface area contributed by atoms with Crippen LogP contribution in [-0.2, 0) is 17.6 Å². The van der Waals surface area contributed by atoms with Crippen LogP contribution in [0.4, 0.5) is 17.1 Å². The predicted molar refractivity (Wildman–Crippen MR) is 332 cm³/mol. The normalized spacial score (nSPS) is 11.6. The first-order valence-corrected chi connectivity index (χ1v) is 31.1. The summed E-state index contributed by atoms with van der Waals surface area (Å²) >= 11 is 8.72. The molecule has 388 valence electrons. The number of benzene rings is 5. The zero-order valence-corrected chi connectivity index (χ0v) is 47.8. The van der Waals surface area contributed by atoms with Crippen LogP contribution in [0.25, 0.3) is 78.4 Å². The molecular weight excluding hydrogens is 1040 g/mol. The highest BCUT2D eigenvalue weighted by atomic mass is 32.1. The Morgan fingerprint density at radius 1 is 0.506 bits per heavy atom. The highest BCUT2D eigenvalue weighted by Gasteiger charge is 2.22. The van der Waals surface area contributed by atoms with E-state index in [0.717, 1.165) is 68.9 Å². The van der Waals surface area contributed by atoms with Crippen LogP contribution < -0.4 is 4.90 Å². The Morgan fingerprint density at radius 2 is 0.935 bits per heavy atom. The van der Waals surface area contributed by atoms with Crippen molar-refractivity contribution in [3.05, 3.63) is 180 Å². The van der Waals surface area contributed by atoms with Gasteiger partial charge in [-0.3, -0.25) is 0 Å². The van der Waals surface area contributed by atoms with Crippen molar-refractivity contribution in [1.82, 2.24) is 8.75 Å². The molecule has 11 heteroatoms. The number of carboxylic acid groups (broad SMARTS) is 1. The van der Waals surface area contributed by atoms with Gasteiger partial charge in [-0.05, 0) is 132 Å². The number of nitrogens with zero attached hydrogens (tertiary/aromatic N) is 4. The van der Waals surface area contributed by atoms with Crippen LogP contribution >= 0.6 is 57.1 Å². The first kappa shape index (κ1) is 53.6. The first-order chi connectivity index (χ1) is 37.9. The molecule has 0 aliphatic heterocycles. The lowest BCUT2D eigenvalue weighted by atomic mass is 10.0. The van der Waals surface area contributed by atoms with Crippen molar-refractivity contribution in [2.45, 2.75) is 104 Å². The molecule has 1 N–H and O–H groups in total. The molecule has 0 aliphatic rings. The number of anilines is 3. The maximum atomic E-state index is 11.5. The molecule has 0 aliphatic carbocycles. The molecule has 77 heavy (non-hydrogen) atoms. The third-order valence-electron chi connectivity index (χ3n) is 14.1. The molecule has 0 amide bonds. The van der Waals surface area contributed by atoms with Crippen LogP contribution in [0.5, 0.6) is 0 Å². The molecule has 0 bridgehead atoms. The molecule has 10 rings (SSSR count). The second kappa shape index (κ2) is 26.0. The number of aliphatic carboxylic acids is 1. The second-order valence-corrected chi connectivity index (χ2v) is 24.4. The largest absolute Gasteiger partial charge is 0.477 e. The number of aryl methyl sites for hydroxylation is 2. The van der Waals surface area contributed by atoms with Gasteiger partial charge in [-0.2, -0.15) is 14.0 Å². The molecule has 0 saturated carbocycles. The Bertz CT molecular complexity index is 3570. The summed E-state index contributed by atoms with van der Waals surface area (Å²) in [6.45, 7) is 4.55. The predicted octanol–water partition coefficient (Wildman–Crippen LogP) is 21.2. The van der Waals surface area contributed by atoms with Crippen molar-refractivity contribution in [3.63, 3.8) is 0 Å². The van der Waals surface area contributed by atoms with E-state index in [1.54, 1.807) is 17.4 Å². The molecule has 10 aromatic rings. The van der Waals surface area contributed by atoms with Gasteiger partial charge in [0, 0.05) is 67.2 Å². The lowest BCUT2D eigenvalue weighted by Gasteiger charge is -2.25. The zero-order chi connectivity index (χ0) is 52.9. The van der Waals surface area contributed by atoms with Crippen LogP contribution in [0.2, 0.25) is 0 Å². The summed E-state index contributed by atoms with van der Waals surface area (Å²) in [5.41, 5.74) is 13.0. The summed E-state index contributed by atoms with van der Waals surface area (Å²) in [7, 11) is 0. The number of carbonyl (C=O) groups is 1. The van der Waals surface area contributed by atoms with Gasteiger partial charge in [0.15, 0.2) is 0 Å².